The number of aryl methyl sites for hydroxylation is 2. The van der Waals surface area contributed by atoms with Crippen LogP contribution in [-0.2, 0) is 6.54 Å². The Kier molecular flexibility index (Phi) is 3.35. The van der Waals surface area contributed by atoms with Crippen LogP contribution < -0.4 is 10.5 Å². The maximum atomic E-state index is 5.65. The molecule has 17 heavy (non-hydrogen) atoms. The topological polar surface area (TPSA) is 61.0 Å². The minimum absolute atomic E-state index is 0.386. The first kappa shape index (κ1) is 11.5. The molecule has 0 bridgehead atoms. The van der Waals surface area contributed by atoms with E-state index in [2.05, 4.69) is 16.3 Å². The van der Waals surface area contributed by atoms with Gasteiger partial charge in [-0.05, 0) is 31.5 Å². The van der Waals surface area contributed by atoms with E-state index in [9.17, 15) is 0 Å². The first-order valence-corrected chi connectivity index (χ1v) is 5.47. The van der Waals surface area contributed by atoms with E-state index < -0.39 is 0 Å². The van der Waals surface area contributed by atoms with Gasteiger partial charge in [0.2, 0.25) is 5.88 Å². The highest BCUT2D eigenvalue weighted by atomic mass is 16.5. The number of aromatic nitrogens is 2. The third-order valence-corrected chi connectivity index (χ3v) is 2.45. The second-order valence-corrected chi connectivity index (χ2v) is 3.94. The van der Waals surface area contributed by atoms with E-state index in [0.717, 1.165) is 17.0 Å². The summed E-state index contributed by atoms with van der Waals surface area (Å²) in [7, 11) is 0. The van der Waals surface area contributed by atoms with Crippen LogP contribution in [0.2, 0.25) is 0 Å². The van der Waals surface area contributed by atoms with Gasteiger partial charge in [0.15, 0.2) is 0 Å². The SMILES string of the molecule is Cc1ccc(Oc2ccc(CN)nn2)c(C)c1. The molecule has 0 aliphatic carbocycles. The van der Waals surface area contributed by atoms with Gasteiger partial charge in [-0.2, -0.15) is 5.10 Å². The molecule has 88 valence electrons. The third kappa shape index (κ3) is 2.79. The summed E-state index contributed by atoms with van der Waals surface area (Å²) in [5.41, 5.74) is 8.48. The van der Waals surface area contributed by atoms with Crippen molar-refractivity contribution in [1.82, 2.24) is 10.2 Å². The maximum Gasteiger partial charge on any atom is 0.238 e. The van der Waals surface area contributed by atoms with Crippen molar-refractivity contribution in [3.63, 3.8) is 0 Å². The van der Waals surface area contributed by atoms with Gasteiger partial charge in [-0.1, -0.05) is 17.7 Å². The molecule has 1 aromatic heterocycles. The number of nitrogens with zero attached hydrogens (tertiary/aromatic N) is 2. The number of hydrogen-bond donors (Lipinski definition) is 1. The molecule has 4 nitrogen and oxygen atoms in total. The Hall–Kier alpha value is -1.94. The van der Waals surface area contributed by atoms with Gasteiger partial charge < -0.3 is 10.5 Å². The lowest BCUT2D eigenvalue weighted by atomic mass is 10.1. The summed E-state index contributed by atoms with van der Waals surface area (Å²) >= 11 is 0. The fourth-order valence-electron chi connectivity index (χ4n) is 1.54. The zero-order valence-electron chi connectivity index (χ0n) is 9.97. The normalized spacial score (nSPS) is 10.3. The monoisotopic (exact) mass is 229 g/mol. The Balaban J connectivity index is 2.19. The highest BCUT2D eigenvalue weighted by Crippen LogP contribution is 2.23. The average molecular weight is 229 g/mol. The Labute approximate surface area is 100 Å². The predicted octanol–water partition coefficient (Wildman–Crippen LogP) is 2.34. The van der Waals surface area contributed by atoms with Crippen molar-refractivity contribution in [2.45, 2.75) is 20.4 Å². The minimum Gasteiger partial charge on any atom is -0.437 e. The molecule has 4 heteroatoms. The van der Waals surface area contributed by atoms with Crippen LogP contribution in [0.1, 0.15) is 16.8 Å². The quantitative estimate of drug-likeness (QED) is 0.877. The molecule has 0 aliphatic heterocycles. The fraction of sp³-hybridized carbons (Fsp3) is 0.231. The fourth-order valence-corrected chi connectivity index (χ4v) is 1.54. The summed E-state index contributed by atoms with van der Waals surface area (Å²) < 4.78 is 5.65. The molecular formula is C13H15N3O. The van der Waals surface area contributed by atoms with Gasteiger partial charge in [0.25, 0.3) is 0 Å². The molecule has 0 atom stereocenters. The van der Waals surface area contributed by atoms with Crippen molar-refractivity contribution in [2.24, 2.45) is 5.73 Å². The van der Waals surface area contributed by atoms with Crippen molar-refractivity contribution < 1.29 is 4.74 Å². The van der Waals surface area contributed by atoms with Crippen LogP contribution in [0.15, 0.2) is 30.3 Å². The number of nitrogens with two attached hydrogens (primary N) is 1. The van der Waals surface area contributed by atoms with Gasteiger partial charge in [-0.3, -0.25) is 0 Å². The molecule has 0 saturated carbocycles. The van der Waals surface area contributed by atoms with E-state index in [1.807, 2.05) is 32.0 Å². The molecule has 2 N–H and O–H groups in total. The van der Waals surface area contributed by atoms with Gasteiger partial charge in [0.1, 0.15) is 5.75 Å². The highest BCUT2D eigenvalue weighted by Gasteiger charge is 2.03. The summed E-state index contributed by atoms with van der Waals surface area (Å²) in [5.74, 6) is 1.28. The first-order valence-electron chi connectivity index (χ1n) is 5.47. The average Bonchev–Trinajstić information content (AvgIpc) is 2.34. The molecule has 0 aliphatic rings. The number of benzene rings is 1. The van der Waals surface area contributed by atoms with Gasteiger partial charge in [-0.25, -0.2) is 0 Å². The summed E-state index contributed by atoms with van der Waals surface area (Å²) in [6.07, 6.45) is 0. The molecule has 0 saturated heterocycles. The molecule has 0 amide bonds. The Morgan fingerprint density at radius 2 is 1.94 bits per heavy atom. The summed E-state index contributed by atoms with van der Waals surface area (Å²) in [6, 6.07) is 9.59. The second kappa shape index (κ2) is 4.93. The van der Waals surface area contributed by atoms with Crippen LogP contribution in [0.5, 0.6) is 11.6 Å². The van der Waals surface area contributed by atoms with E-state index in [-0.39, 0.29) is 0 Å². The molecule has 2 rings (SSSR count). The van der Waals surface area contributed by atoms with Gasteiger partial charge in [-0.15, -0.1) is 5.10 Å². The second-order valence-electron chi connectivity index (χ2n) is 3.94. The van der Waals surface area contributed by atoms with E-state index in [1.54, 1.807) is 6.07 Å². The van der Waals surface area contributed by atoms with Crippen molar-refractivity contribution >= 4 is 0 Å². The van der Waals surface area contributed by atoms with Crippen molar-refractivity contribution in [1.29, 1.82) is 0 Å². The maximum absolute atomic E-state index is 5.65. The van der Waals surface area contributed by atoms with E-state index in [1.165, 1.54) is 5.56 Å². The van der Waals surface area contributed by atoms with Crippen molar-refractivity contribution in [3.8, 4) is 11.6 Å². The molecule has 1 heterocycles. The third-order valence-electron chi connectivity index (χ3n) is 2.45. The van der Waals surface area contributed by atoms with Crippen LogP contribution in [0.4, 0.5) is 0 Å². The van der Waals surface area contributed by atoms with Crippen molar-refractivity contribution in [3.05, 3.63) is 47.2 Å². The largest absolute Gasteiger partial charge is 0.437 e. The Morgan fingerprint density at radius 3 is 2.53 bits per heavy atom. The Bertz CT molecular complexity index is 509. The summed E-state index contributed by atoms with van der Waals surface area (Å²) in [5, 5.41) is 7.90. The molecule has 0 unspecified atom stereocenters. The minimum atomic E-state index is 0.386. The van der Waals surface area contributed by atoms with E-state index in [0.29, 0.717) is 12.4 Å². The van der Waals surface area contributed by atoms with Gasteiger partial charge in [0.05, 0.1) is 5.69 Å². The smallest absolute Gasteiger partial charge is 0.238 e. The molecular weight excluding hydrogens is 214 g/mol. The molecule has 0 spiro atoms. The molecule has 0 fully saturated rings. The van der Waals surface area contributed by atoms with E-state index >= 15 is 0 Å². The lowest BCUT2D eigenvalue weighted by molar-refractivity contribution is 0.450. The lowest BCUT2D eigenvalue weighted by Gasteiger charge is -2.08. The highest BCUT2D eigenvalue weighted by molar-refractivity contribution is 5.37. The number of ether oxygens (including phenoxy) is 1. The molecule has 1 aromatic carbocycles. The predicted molar refractivity (Wildman–Crippen MR) is 65.9 cm³/mol. The van der Waals surface area contributed by atoms with Crippen LogP contribution >= 0.6 is 0 Å². The van der Waals surface area contributed by atoms with Crippen LogP contribution in [-0.4, -0.2) is 10.2 Å². The van der Waals surface area contributed by atoms with E-state index in [4.69, 9.17) is 10.5 Å². The van der Waals surface area contributed by atoms with Gasteiger partial charge >= 0.3 is 0 Å². The Morgan fingerprint density at radius 1 is 1.12 bits per heavy atom. The number of hydrogen-bond acceptors (Lipinski definition) is 4. The van der Waals surface area contributed by atoms with Gasteiger partial charge in [0, 0.05) is 12.6 Å². The zero-order valence-corrected chi connectivity index (χ0v) is 9.97. The number of rotatable bonds is 3. The lowest BCUT2D eigenvalue weighted by Crippen LogP contribution is -2.01. The molecule has 0 radical (unpaired) electrons. The summed E-state index contributed by atoms with van der Waals surface area (Å²) in [4.78, 5) is 0. The van der Waals surface area contributed by atoms with Crippen LogP contribution in [0, 0.1) is 13.8 Å². The first-order chi connectivity index (χ1) is 8.19. The van der Waals surface area contributed by atoms with Crippen LogP contribution in [0.3, 0.4) is 0 Å². The zero-order chi connectivity index (χ0) is 12.3. The summed E-state index contributed by atoms with van der Waals surface area (Å²) in [6.45, 7) is 4.44. The van der Waals surface area contributed by atoms with Crippen molar-refractivity contribution in [2.75, 3.05) is 0 Å². The van der Waals surface area contributed by atoms with Crippen LogP contribution in [0.25, 0.3) is 0 Å². The standard InChI is InChI=1S/C13H15N3O/c1-9-3-5-12(10(2)7-9)17-13-6-4-11(8-14)15-16-13/h3-7H,8,14H2,1-2H3. The molecule has 2 aromatic rings.